The quantitative estimate of drug-likeness (QED) is 0.643. The number of sulfonamides is 1. The van der Waals surface area contributed by atoms with Crippen LogP contribution in [0.4, 0.5) is 5.69 Å². The van der Waals surface area contributed by atoms with E-state index in [-0.39, 0.29) is 10.6 Å². The minimum absolute atomic E-state index is 0.131. The second-order valence-electron chi connectivity index (χ2n) is 5.79. The fraction of sp³-hybridized carbons (Fsp3) is 0.211. The van der Waals surface area contributed by atoms with Crippen LogP contribution in [0.25, 0.3) is 11.3 Å². The largest absolute Gasteiger partial charge is 0.493 e. The first-order valence-corrected chi connectivity index (χ1v) is 9.74. The maximum atomic E-state index is 12.7. The molecule has 0 aliphatic carbocycles. The summed E-state index contributed by atoms with van der Waals surface area (Å²) in [5, 5.41) is 4.02. The molecule has 0 spiro atoms. The summed E-state index contributed by atoms with van der Waals surface area (Å²) < 4.78 is 49.3. The average Bonchev–Trinajstić information content (AvgIpc) is 3.07. The first kappa shape index (κ1) is 19.6. The van der Waals surface area contributed by atoms with Gasteiger partial charge in [-0.2, -0.15) is 0 Å². The standard InChI is InChI=1S/C19H20N2O6S/c1-12-17(21-28(22,23)14-8-6-5-7-9-14)18(20-27-12)13-10-15(24-2)19(26-4)16(11-13)25-3/h5-11,21H,1-4H3. The third kappa shape index (κ3) is 3.61. The first-order valence-electron chi connectivity index (χ1n) is 8.25. The van der Waals surface area contributed by atoms with E-state index in [0.717, 1.165) is 0 Å². The van der Waals surface area contributed by atoms with Crippen molar-refractivity contribution in [2.45, 2.75) is 11.8 Å². The van der Waals surface area contributed by atoms with Gasteiger partial charge in [0.1, 0.15) is 11.4 Å². The number of hydrogen-bond acceptors (Lipinski definition) is 7. The van der Waals surface area contributed by atoms with E-state index in [9.17, 15) is 8.42 Å². The van der Waals surface area contributed by atoms with Crippen molar-refractivity contribution in [2.24, 2.45) is 0 Å². The molecule has 9 heteroatoms. The van der Waals surface area contributed by atoms with E-state index in [1.165, 1.54) is 33.5 Å². The van der Waals surface area contributed by atoms with E-state index in [0.29, 0.717) is 34.3 Å². The molecule has 3 aromatic rings. The predicted octanol–water partition coefficient (Wildman–Crippen LogP) is 3.48. The zero-order valence-corrected chi connectivity index (χ0v) is 16.7. The first-order chi connectivity index (χ1) is 13.4. The van der Waals surface area contributed by atoms with Crippen LogP contribution in [0.3, 0.4) is 0 Å². The topological polar surface area (TPSA) is 99.9 Å². The Bertz CT molecular complexity index is 1050. The van der Waals surface area contributed by atoms with Gasteiger partial charge in [-0.05, 0) is 31.2 Å². The highest BCUT2D eigenvalue weighted by molar-refractivity contribution is 7.92. The Balaban J connectivity index is 2.09. The summed E-state index contributed by atoms with van der Waals surface area (Å²) in [5.74, 6) is 1.56. The molecule has 0 amide bonds. The number of hydrogen-bond donors (Lipinski definition) is 1. The molecule has 2 aromatic carbocycles. The van der Waals surface area contributed by atoms with Gasteiger partial charge in [0.2, 0.25) is 5.75 Å². The van der Waals surface area contributed by atoms with E-state index in [1.54, 1.807) is 37.3 Å². The molecule has 3 rings (SSSR count). The maximum Gasteiger partial charge on any atom is 0.262 e. The monoisotopic (exact) mass is 404 g/mol. The number of nitrogens with one attached hydrogen (secondary N) is 1. The maximum absolute atomic E-state index is 12.7. The van der Waals surface area contributed by atoms with Crippen LogP contribution in [0.2, 0.25) is 0 Å². The summed E-state index contributed by atoms with van der Waals surface area (Å²) >= 11 is 0. The van der Waals surface area contributed by atoms with Crippen molar-refractivity contribution in [2.75, 3.05) is 26.1 Å². The minimum Gasteiger partial charge on any atom is -0.493 e. The third-order valence-corrected chi connectivity index (χ3v) is 5.46. The Morgan fingerprint density at radius 3 is 2.11 bits per heavy atom. The molecule has 0 unspecified atom stereocenters. The fourth-order valence-corrected chi connectivity index (χ4v) is 3.84. The lowest BCUT2D eigenvalue weighted by Crippen LogP contribution is -2.13. The van der Waals surface area contributed by atoms with E-state index < -0.39 is 10.0 Å². The summed E-state index contributed by atoms with van der Waals surface area (Å²) in [6.45, 7) is 1.62. The van der Waals surface area contributed by atoms with Crippen molar-refractivity contribution in [3.63, 3.8) is 0 Å². The lowest BCUT2D eigenvalue weighted by molar-refractivity contribution is 0.324. The van der Waals surface area contributed by atoms with Crippen LogP contribution in [0, 0.1) is 6.92 Å². The Morgan fingerprint density at radius 2 is 1.57 bits per heavy atom. The SMILES string of the molecule is COc1cc(-c2noc(C)c2NS(=O)(=O)c2ccccc2)cc(OC)c1OC. The molecule has 0 bridgehead atoms. The van der Waals surface area contributed by atoms with Crippen molar-refractivity contribution in [3.8, 4) is 28.5 Å². The van der Waals surface area contributed by atoms with Gasteiger partial charge in [-0.3, -0.25) is 4.72 Å². The molecule has 0 saturated carbocycles. The molecule has 0 aliphatic heterocycles. The smallest absolute Gasteiger partial charge is 0.262 e. The highest BCUT2D eigenvalue weighted by Gasteiger charge is 2.24. The molecule has 0 fully saturated rings. The van der Waals surface area contributed by atoms with Crippen molar-refractivity contribution < 1.29 is 27.2 Å². The van der Waals surface area contributed by atoms with Gasteiger partial charge in [0, 0.05) is 5.56 Å². The average molecular weight is 404 g/mol. The van der Waals surface area contributed by atoms with Crippen LogP contribution in [-0.4, -0.2) is 34.9 Å². The van der Waals surface area contributed by atoms with E-state index in [4.69, 9.17) is 18.7 Å². The molecule has 1 aromatic heterocycles. The van der Waals surface area contributed by atoms with E-state index in [1.807, 2.05) is 0 Å². The molecule has 1 heterocycles. The highest BCUT2D eigenvalue weighted by atomic mass is 32.2. The number of nitrogens with zero attached hydrogens (tertiary/aromatic N) is 1. The predicted molar refractivity (Wildman–Crippen MR) is 104 cm³/mol. The molecular formula is C19H20N2O6S. The Morgan fingerprint density at radius 1 is 0.964 bits per heavy atom. The molecule has 0 atom stereocenters. The van der Waals surface area contributed by atoms with Crippen LogP contribution in [0.1, 0.15) is 5.76 Å². The van der Waals surface area contributed by atoms with E-state index in [2.05, 4.69) is 9.88 Å². The van der Waals surface area contributed by atoms with Crippen molar-refractivity contribution >= 4 is 15.7 Å². The number of benzene rings is 2. The number of methoxy groups -OCH3 is 3. The van der Waals surface area contributed by atoms with Crippen LogP contribution in [-0.2, 0) is 10.0 Å². The molecule has 148 valence electrons. The van der Waals surface area contributed by atoms with Crippen LogP contribution >= 0.6 is 0 Å². The van der Waals surface area contributed by atoms with E-state index >= 15 is 0 Å². The second kappa shape index (κ2) is 7.81. The van der Waals surface area contributed by atoms with Gasteiger partial charge in [0.05, 0.1) is 26.2 Å². The Kier molecular flexibility index (Phi) is 5.46. The van der Waals surface area contributed by atoms with Gasteiger partial charge in [0.25, 0.3) is 10.0 Å². The van der Waals surface area contributed by atoms with Crippen molar-refractivity contribution in [3.05, 3.63) is 48.2 Å². The van der Waals surface area contributed by atoms with Gasteiger partial charge >= 0.3 is 0 Å². The Labute approximate surface area is 163 Å². The van der Waals surface area contributed by atoms with Gasteiger partial charge in [-0.1, -0.05) is 23.4 Å². The number of rotatable bonds is 7. The number of aromatic nitrogens is 1. The number of anilines is 1. The molecule has 1 N–H and O–H groups in total. The second-order valence-corrected chi connectivity index (χ2v) is 7.48. The summed E-state index contributed by atoms with van der Waals surface area (Å²) in [6, 6.07) is 11.4. The van der Waals surface area contributed by atoms with Crippen LogP contribution in [0.15, 0.2) is 51.9 Å². The minimum atomic E-state index is -3.82. The van der Waals surface area contributed by atoms with Crippen LogP contribution < -0.4 is 18.9 Å². The molecular weight excluding hydrogens is 384 g/mol. The van der Waals surface area contributed by atoms with Gasteiger partial charge in [0.15, 0.2) is 17.3 Å². The molecule has 28 heavy (non-hydrogen) atoms. The zero-order valence-electron chi connectivity index (χ0n) is 15.8. The zero-order chi connectivity index (χ0) is 20.3. The molecule has 0 saturated heterocycles. The highest BCUT2D eigenvalue weighted by Crippen LogP contribution is 2.43. The van der Waals surface area contributed by atoms with Gasteiger partial charge < -0.3 is 18.7 Å². The van der Waals surface area contributed by atoms with Crippen molar-refractivity contribution in [1.29, 1.82) is 0 Å². The fourth-order valence-electron chi connectivity index (χ4n) is 2.70. The number of aryl methyl sites for hydroxylation is 1. The lowest BCUT2D eigenvalue weighted by Gasteiger charge is -2.14. The molecule has 8 nitrogen and oxygen atoms in total. The van der Waals surface area contributed by atoms with Gasteiger partial charge in [-0.15, -0.1) is 0 Å². The molecule has 0 aliphatic rings. The van der Waals surface area contributed by atoms with Gasteiger partial charge in [-0.25, -0.2) is 8.42 Å². The summed E-state index contributed by atoms with van der Waals surface area (Å²) in [7, 11) is 0.670. The summed E-state index contributed by atoms with van der Waals surface area (Å²) in [6.07, 6.45) is 0. The Hall–Kier alpha value is -3.20. The van der Waals surface area contributed by atoms with Crippen LogP contribution in [0.5, 0.6) is 17.2 Å². The summed E-state index contributed by atoms with van der Waals surface area (Å²) in [5.41, 5.74) is 1.08. The number of ether oxygens (including phenoxy) is 3. The lowest BCUT2D eigenvalue weighted by atomic mass is 10.1. The third-order valence-electron chi connectivity index (χ3n) is 4.09. The van der Waals surface area contributed by atoms with Crippen molar-refractivity contribution in [1.82, 2.24) is 5.16 Å². The molecule has 0 radical (unpaired) electrons. The summed E-state index contributed by atoms with van der Waals surface area (Å²) in [4.78, 5) is 0.131. The normalized spacial score (nSPS) is 11.1.